The second kappa shape index (κ2) is 7.60. The number of hydrogen-bond donors (Lipinski definition) is 1. The van der Waals surface area contributed by atoms with Crippen LogP contribution in [0.25, 0.3) is 0 Å². The summed E-state index contributed by atoms with van der Waals surface area (Å²) < 4.78 is 4.72. The van der Waals surface area contributed by atoms with E-state index in [4.69, 9.17) is 4.74 Å². The molecule has 6 heteroatoms. The van der Waals surface area contributed by atoms with Gasteiger partial charge in [0.25, 0.3) is 0 Å². The molecule has 0 aliphatic heterocycles. The van der Waals surface area contributed by atoms with Crippen molar-refractivity contribution in [2.75, 3.05) is 6.61 Å². The molecule has 0 bridgehead atoms. The van der Waals surface area contributed by atoms with Gasteiger partial charge in [0.05, 0.1) is 18.7 Å². The second-order valence-corrected chi connectivity index (χ2v) is 4.46. The molecule has 1 heterocycles. The fourth-order valence-electron chi connectivity index (χ4n) is 1.19. The zero-order valence-corrected chi connectivity index (χ0v) is 11.3. The first-order valence-corrected chi connectivity index (χ1v) is 6.54. The molecule has 0 unspecified atom stereocenters. The average molecular weight is 268 g/mol. The normalized spacial score (nSPS) is 11.1. The number of carbonyl (C=O) groups is 2. The Bertz CT molecular complexity index is 427. The lowest BCUT2D eigenvalue weighted by Gasteiger charge is -2.02. The van der Waals surface area contributed by atoms with Crippen LogP contribution in [0.3, 0.4) is 0 Å². The largest absolute Gasteiger partial charge is 0.466 e. The van der Waals surface area contributed by atoms with Gasteiger partial charge in [0.1, 0.15) is 0 Å². The minimum Gasteiger partial charge on any atom is -0.466 e. The van der Waals surface area contributed by atoms with Crippen LogP contribution in [0, 0.1) is 0 Å². The van der Waals surface area contributed by atoms with Gasteiger partial charge in [0, 0.05) is 11.3 Å². The molecule has 18 heavy (non-hydrogen) atoms. The van der Waals surface area contributed by atoms with Crippen LogP contribution in [-0.4, -0.2) is 24.2 Å². The van der Waals surface area contributed by atoms with Crippen molar-refractivity contribution >= 4 is 28.9 Å². The van der Waals surface area contributed by atoms with E-state index in [0.29, 0.717) is 6.61 Å². The van der Waals surface area contributed by atoms with Crippen LogP contribution in [0.2, 0.25) is 0 Å². The molecular formula is C12H16N2O3S. The smallest absolute Gasteiger partial charge is 0.306 e. The molecule has 0 fully saturated rings. The lowest BCUT2D eigenvalue weighted by molar-refractivity contribution is -0.144. The van der Waals surface area contributed by atoms with Crippen molar-refractivity contribution in [3.05, 3.63) is 22.4 Å². The Hall–Kier alpha value is -1.69. The van der Waals surface area contributed by atoms with Gasteiger partial charge in [-0.15, -0.1) is 11.3 Å². The molecule has 0 aliphatic rings. The van der Waals surface area contributed by atoms with Crippen LogP contribution in [0.5, 0.6) is 0 Å². The predicted molar refractivity (Wildman–Crippen MR) is 70.5 cm³/mol. The third-order valence-electron chi connectivity index (χ3n) is 2.09. The Balaban J connectivity index is 2.33. The lowest BCUT2D eigenvalue weighted by atomic mass is 10.3. The topological polar surface area (TPSA) is 67.8 Å². The number of hydrogen-bond acceptors (Lipinski definition) is 5. The SMILES string of the molecule is CCOC(=O)CCC(=O)NN=C(C)c1cccs1. The van der Waals surface area contributed by atoms with Gasteiger partial charge in [0.2, 0.25) is 5.91 Å². The zero-order valence-electron chi connectivity index (χ0n) is 10.4. The van der Waals surface area contributed by atoms with Crippen LogP contribution >= 0.6 is 11.3 Å². The number of nitrogens with one attached hydrogen (secondary N) is 1. The fourth-order valence-corrected chi connectivity index (χ4v) is 1.87. The molecule has 0 aromatic carbocycles. The van der Waals surface area contributed by atoms with E-state index >= 15 is 0 Å². The Labute approximate surface area is 110 Å². The summed E-state index contributed by atoms with van der Waals surface area (Å²) in [5, 5.41) is 5.91. The fraction of sp³-hybridized carbons (Fsp3) is 0.417. The first kappa shape index (κ1) is 14.4. The molecule has 1 aromatic heterocycles. The summed E-state index contributed by atoms with van der Waals surface area (Å²) in [6.07, 6.45) is 0.160. The quantitative estimate of drug-likeness (QED) is 0.487. The van der Waals surface area contributed by atoms with Gasteiger partial charge in [-0.25, -0.2) is 5.43 Å². The molecule has 98 valence electrons. The number of amides is 1. The maximum Gasteiger partial charge on any atom is 0.306 e. The summed E-state index contributed by atoms with van der Waals surface area (Å²) in [4.78, 5) is 23.4. The monoisotopic (exact) mass is 268 g/mol. The number of thiophene rings is 1. The Morgan fingerprint density at radius 2 is 2.22 bits per heavy atom. The van der Waals surface area contributed by atoms with Gasteiger partial charge >= 0.3 is 5.97 Å². The van der Waals surface area contributed by atoms with Gasteiger partial charge in [0.15, 0.2) is 0 Å². The maximum atomic E-state index is 11.4. The molecule has 1 rings (SSSR count). The number of hydrazone groups is 1. The molecule has 1 amide bonds. The summed E-state index contributed by atoms with van der Waals surface area (Å²) in [6.45, 7) is 3.88. The van der Waals surface area contributed by atoms with Crippen LogP contribution < -0.4 is 5.43 Å². The summed E-state index contributed by atoms with van der Waals surface area (Å²) in [5.74, 6) is -0.662. The summed E-state index contributed by atoms with van der Waals surface area (Å²) >= 11 is 1.55. The second-order valence-electron chi connectivity index (χ2n) is 3.51. The Morgan fingerprint density at radius 1 is 1.44 bits per heavy atom. The molecule has 1 N–H and O–H groups in total. The van der Waals surface area contributed by atoms with E-state index in [9.17, 15) is 9.59 Å². The van der Waals surface area contributed by atoms with E-state index in [0.717, 1.165) is 10.6 Å². The van der Waals surface area contributed by atoms with Crippen molar-refractivity contribution in [1.29, 1.82) is 0 Å². The van der Waals surface area contributed by atoms with Crippen LogP contribution in [-0.2, 0) is 14.3 Å². The number of carbonyl (C=O) groups excluding carboxylic acids is 2. The van der Waals surface area contributed by atoms with Crippen molar-refractivity contribution in [1.82, 2.24) is 5.43 Å². The highest BCUT2D eigenvalue weighted by atomic mass is 32.1. The first-order chi connectivity index (χ1) is 8.63. The third kappa shape index (κ3) is 5.09. The number of rotatable bonds is 6. The van der Waals surface area contributed by atoms with E-state index in [2.05, 4.69) is 10.5 Å². The molecule has 5 nitrogen and oxygen atoms in total. The van der Waals surface area contributed by atoms with Crippen molar-refractivity contribution in [2.24, 2.45) is 5.10 Å². The Kier molecular flexibility index (Phi) is 6.07. The predicted octanol–water partition coefficient (Wildman–Crippen LogP) is 1.93. The van der Waals surface area contributed by atoms with Crippen LogP contribution in [0.1, 0.15) is 31.6 Å². The van der Waals surface area contributed by atoms with Gasteiger partial charge < -0.3 is 4.74 Å². The van der Waals surface area contributed by atoms with E-state index in [1.807, 2.05) is 24.4 Å². The van der Waals surface area contributed by atoms with Crippen LogP contribution in [0.4, 0.5) is 0 Å². The van der Waals surface area contributed by atoms with E-state index in [-0.39, 0.29) is 24.7 Å². The molecule has 0 saturated heterocycles. The van der Waals surface area contributed by atoms with E-state index < -0.39 is 0 Å². The van der Waals surface area contributed by atoms with E-state index in [1.165, 1.54) is 0 Å². The van der Waals surface area contributed by atoms with Crippen molar-refractivity contribution < 1.29 is 14.3 Å². The minimum atomic E-state index is -0.369. The third-order valence-corrected chi connectivity index (χ3v) is 3.07. The standard InChI is InChI=1S/C12H16N2O3S/c1-3-17-12(16)7-6-11(15)14-13-9(2)10-5-4-8-18-10/h4-5,8H,3,6-7H2,1-2H3,(H,14,15). The maximum absolute atomic E-state index is 11.4. The highest BCUT2D eigenvalue weighted by Gasteiger charge is 2.07. The average Bonchev–Trinajstić information content (AvgIpc) is 2.87. The number of ether oxygens (including phenoxy) is 1. The van der Waals surface area contributed by atoms with Gasteiger partial charge in [-0.1, -0.05) is 6.07 Å². The first-order valence-electron chi connectivity index (χ1n) is 5.66. The lowest BCUT2D eigenvalue weighted by Crippen LogP contribution is -2.20. The van der Waals surface area contributed by atoms with Crippen molar-refractivity contribution in [3.63, 3.8) is 0 Å². The molecule has 0 spiro atoms. The Morgan fingerprint density at radius 3 is 2.83 bits per heavy atom. The zero-order chi connectivity index (χ0) is 13.4. The summed E-state index contributed by atoms with van der Waals surface area (Å²) in [6, 6.07) is 3.84. The highest BCUT2D eigenvalue weighted by molar-refractivity contribution is 7.12. The molecule has 0 aliphatic carbocycles. The number of nitrogens with zero attached hydrogens (tertiary/aromatic N) is 1. The van der Waals surface area contributed by atoms with Gasteiger partial charge in [-0.2, -0.15) is 5.10 Å². The van der Waals surface area contributed by atoms with Crippen LogP contribution in [0.15, 0.2) is 22.6 Å². The molecule has 0 atom stereocenters. The van der Waals surface area contributed by atoms with Gasteiger partial charge in [-0.05, 0) is 25.3 Å². The van der Waals surface area contributed by atoms with Crippen molar-refractivity contribution in [2.45, 2.75) is 26.7 Å². The summed E-state index contributed by atoms with van der Waals surface area (Å²) in [7, 11) is 0. The van der Waals surface area contributed by atoms with Crippen molar-refractivity contribution in [3.8, 4) is 0 Å². The van der Waals surface area contributed by atoms with Gasteiger partial charge in [-0.3, -0.25) is 9.59 Å². The molecule has 1 aromatic rings. The summed E-state index contributed by atoms with van der Waals surface area (Å²) in [5.41, 5.74) is 3.16. The van der Waals surface area contributed by atoms with E-state index in [1.54, 1.807) is 18.3 Å². The molecule has 0 saturated carbocycles. The highest BCUT2D eigenvalue weighted by Crippen LogP contribution is 2.09. The molecular weight excluding hydrogens is 252 g/mol. The minimum absolute atomic E-state index is 0.0766. The molecule has 0 radical (unpaired) electrons. The number of esters is 1.